The number of pyridine rings is 1. The van der Waals surface area contributed by atoms with E-state index in [-0.39, 0.29) is 0 Å². The monoisotopic (exact) mass is 644 g/mol. The van der Waals surface area contributed by atoms with Crippen LogP contribution < -0.4 is 0 Å². The SMILES string of the molecule is c1ccc(-c2nc(-c3ccccc3)nc(-c3cccc(-c4c(-c5ccccc5)sc5c(-c6ccccc6)nc6ccccc6c45)c3)n2)cc1. The van der Waals surface area contributed by atoms with Gasteiger partial charge in [0.05, 0.1) is 15.9 Å². The van der Waals surface area contributed by atoms with Gasteiger partial charge in [-0.25, -0.2) is 19.9 Å². The summed E-state index contributed by atoms with van der Waals surface area (Å²) in [6, 6.07) is 58.5. The summed E-state index contributed by atoms with van der Waals surface area (Å²) in [5.41, 5.74) is 9.35. The van der Waals surface area contributed by atoms with Crippen LogP contribution in [0.4, 0.5) is 0 Å². The fourth-order valence-corrected chi connectivity index (χ4v) is 7.77. The highest BCUT2D eigenvalue weighted by Gasteiger charge is 2.23. The summed E-state index contributed by atoms with van der Waals surface area (Å²) < 4.78 is 1.17. The van der Waals surface area contributed by atoms with Crippen LogP contribution in [-0.2, 0) is 0 Å². The molecule has 9 aromatic rings. The van der Waals surface area contributed by atoms with Gasteiger partial charge >= 0.3 is 0 Å². The van der Waals surface area contributed by atoms with Crippen molar-refractivity contribution in [3.63, 3.8) is 0 Å². The van der Waals surface area contributed by atoms with E-state index in [1.165, 1.54) is 26.1 Å². The molecule has 0 atom stereocenters. The van der Waals surface area contributed by atoms with Gasteiger partial charge in [0, 0.05) is 43.5 Å². The van der Waals surface area contributed by atoms with Crippen molar-refractivity contribution >= 4 is 32.3 Å². The average molecular weight is 645 g/mol. The fourth-order valence-electron chi connectivity index (χ4n) is 6.42. The first-order valence-corrected chi connectivity index (χ1v) is 17.1. The van der Waals surface area contributed by atoms with Crippen LogP contribution in [0.15, 0.2) is 170 Å². The Balaban J connectivity index is 1.31. The third-order valence-corrected chi connectivity index (χ3v) is 9.97. The third kappa shape index (κ3) is 5.36. The van der Waals surface area contributed by atoms with Crippen molar-refractivity contribution in [1.29, 1.82) is 0 Å². The largest absolute Gasteiger partial charge is 0.246 e. The van der Waals surface area contributed by atoms with Crippen LogP contribution in [0.1, 0.15) is 0 Å². The predicted octanol–water partition coefficient (Wildman–Crippen LogP) is 11.6. The summed E-state index contributed by atoms with van der Waals surface area (Å²) >= 11 is 1.81. The van der Waals surface area contributed by atoms with E-state index in [2.05, 4.69) is 109 Å². The molecule has 0 saturated heterocycles. The molecule has 3 aromatic heterocycles. The predicted molar refractivity (Wildman–Crippen MR) is 203 cm³/mol. The highest BCUT2D eigenvalue weighted by Crippen LogP contribution is 2.50. The molecule has 0 aliphatic heterocycles. The maximum atomic E-state index is 5.24. The molecule has 0 saturated carbocycles. The van der Waals surface area contributed by atoms with Crippen molar-refractivity contribution in [3.05, 3.63) is 170 Å². The molecule has 49 heavy (non-hydrogen) atoms. The van der Waals surface area contributed by atoms with Gasteiger partial charge in [-0.3, -0.25) is 0 Å². The van der Waals surface area contributed by atoms with Gasteiger partial charge in [0.25, 0.3) is 0 Å². The second-order valence-corrected chi connectivity index (χ2v) is 12.9. The normalized spacial score (nSPS) is 11.3. The summed E-state index contributed by atoms with van der Waals surface area (Å²) in [6.07, 6.45) is 0. The van der Waals surface area contributed by atoms with E-state index in [1.54, 1.807) is 11.3 Å². The Labute approximate surface area is 288 Å². The minimum atomic E-state index is 0.631. The molecule has 6 aromatic carbocycles. The van der Waals surface area contributed by atoms with Crippen LogP contribution in [0.5, 0.6) is 0 Å². The van der Waals surface area contributed by atoms with Crippen LogP contribution in [0, 0.1) is 0 Å². The van der Waals surface area contributed by atoms with Crippen molar-refractivity contribution in [2.24, 2.45) is 0 Å². The molecule has 0 fully saturated rings. The lowest BCUT2D eigenvalue weighted by molar-refractivity contribution is 1.07. The standard InChI is InChI=1S/C44H28N4S/c1-5-16-29(17-6-1)39-41-38(35-26-13-14-27-36(35)45-39)37(40(49-41)30-18-7-2-8-19-30)33-24-15-25-34(28-33)44-47-42(31-20-9-3-10-21-31)46-43(48-44)32-22-11-4-12-23-32/h1-28H. The van der Waals surface area contributed by atoms with E-state index in [0.717, 1.165) is 44.4 Å². The number of hydrogen-bond acceptors (Lipinski definition) is 5. The number of thiophene rings is 1. The van der Waals surface area contributed by atoms with Gasteiger partial charge in [0.15, 0.2) is 17.5 Å². The number of rotatable bonds is 6. The highest BCUT2D eigenvalue weighted by atomic mass is 32.1. The van der Waals surface area contributed by atoms with Gasteiger partial charge in [-0.1, -0.05) is 158 Å². The number of nitrogens with zero attached hydrogens (tertiary/aromatic N) is 4. The van der Waals surface area contributed by atoms with E-state index in [0.29, 0.717) is 17.5 Å². The lowest BCUT2D eigenvalue weighted by Gasteiger charge is -2.12. The van der Waals surface area contributed by atoms with E-state index in [1.807, 2.05) is 60.7 Å². The van der Waals surface area contributed by atoms with Crippen molar-refractivity contribution in [2.45, 2.75) is 0 Å². The Kier molecular flexibility index (Phi) is 7.30. The van der Waals surface area contributed by atoms with E-state index in [4.69, 9.17) is 19.9 Å². The zero-order valence-corrected chi connectivity index (χ0v) is 27.2. The number of fused-ring (bicyclic) bond motifs is 3. The molecular formula is C44H28N4S. The van der Waals surface area contributed by atoms with Crippen LogP contribution in [0.2, 0.25) is 0 Å². The Bertz CT molecular complexity index is 2530. The van der Waals surface area contributed by atoms with Crippen molar-refractivity contribution in [2.75, 3.05) is 0 Å². The van der Waals surface area contributed by atoms with Crippen LogP contribution in [0.3, 0.4) is 0 Å². The zero-order chi connectivity index (χ0) is 32.6. The first-order chi connectivity index (χ1) is 24.3. The number of benzene rings is 6. The van der Waals surface area contributed by atoms with Gasteiger partial charge in [-0.15, -0.1) is 11.3 Å². The molecule has 0 unspecified atom stereocenters. The first kappa shape index (κ1) is 28.9. The van der Waals surface area contributed by atoms with Crippen molar-refractivity contribution in [3.8, 4) is 67.0 Å². The topological polar surface area (TPSA) is 51.6 Å². The number of hydrogen-bond donors (Lipinski definition) is 0. The van der Waals surface area contributed by atoms with Gasteiger partial charge in [-0.2, -0.15) is 0 Å². The van der Waals surface area contributed by atoms with Gasteiger partial charge < -0.3 is 0 Å². The maximum Gasteiger partial charge on any atom is 0.164 e. The second kappa shape index (κ2) is 12.4. The highest BCUT2D eigenvalue weighted by molar-refractivity contribution is 7.23. The molecule has 0 bridgehead atoms. The number of aromatic nitrogens is 4. The fraction of sp³-hybridized carbons (Fsp3) is 0. The molecular weight excluding hydrogens is 617 g/mol. The van der Waals surface area contributed by atoms with E-state index >= 15 is 0 Å². The van der Waals surface area contributed by atoms with Crippen molar-refractivity contribution in [1.82, 2.24) is 19.9 Å². The Hall–Kier alpha value is -6.30. The molecule has 0 N–H and O–H groups in total. The van der Waals surface area contributed by atoms with Gasteiger partial charge in [0.1, 0.15) is 0 Å². The molecule has 0 aliphatic rings. The summed E-state index contributed by atoms with van der Waals surface area (Å²) in [6.45, 7) is 0. The van der Waals surface area contributed by atoms with Gasteiger partial charge in [0.2, 0.25) is 0 Å². The average Bonchev–Trinajstić information content (AvgIpc) is 3.60. The lowest BCUT2D eigenvalue weighted by Crippen LogP contribution is -2.00. The minimum Gasteiger partial charge on any atom is -0.246 e. The molecule has 3 heterocycles. The maximum absolute atomic E-state index is 5.24. The second-order valence-electron chi connectivity index (χ2n) is 11.8. The number of para-hydroxylation sites is 1. The molecule has 0 aliphatic carbocycles. The van der Waals surface area contributed by atoms with Crippen LogP contribution in [-0.4, -0.2) is 19.9 Å². The third-order valence-electron chi connectivity index (χ3n) is 8.72. The Morgan fingerprint density at radius 3 is 1.45 bits per heavy atom. The lowest BCUT2D eigenvalue weighted by atomic mass is 9.94. The Morgan fingerprint density at radius 1 is 0.367 bits per heavy atom. The van der Waals surface area contributed by atoms with Crippen LogP contribution >= 0.6 is 11.3 Å². The molecule has 0 radical (unpaired) electrons. The molecule has 0 amide bonds. The molecule has 9 rings (SSSR count). The van der Waals surface area contributed by atoms with Crippen LogP contribution in [0.25, 0.3) is 88.0 Å². The summed E-state index contributed by atoms with van der Waals surface area (Å²) in [7, 11) is 0. The summed E-state index contributed by atoms with van der Waals surface area (Å²) in [5, 5.41) is 2.34. The quantitative estimate of drug-likeness (QED) is 0.181. The molecule has 4 nitrogen and oxygen atoms in total. The molecule has 230 valence electrons. The molecule has 0 spiro atoms. The summed E-state index contributed by atoms with van der Waals surface area (Å²) in [5.74, 6) is 1.92. The van der Waals surface area contributed by atoms with E-state index < -0.39 is 0 Å². The smallest absolute Gasteiger partial charge is 0.164 e. The summed E-state index contributed by atoms with van der Waals surface area (Å²) in [4.78, 5) is 21.4. The van der Waals surface area contributed by atoms with E-state index in [9.17, 15) is 0 Å². The Morgan fingerprint density at radius 2 is 0.837 bits per heavy atom. The van der Waals surface area contributed by atoms with Gasteiger partial charge in [-0.05, 0) is 23.3 Å². The first-order valence-electron chi connectivity index (χ1n) is 16.2. The molecule has 5 heteroatoms. The minimum absolute atomic E-state index is 0.631. The van der Waals surface area contributed by atoms with Crippen molar-refractivity contribution < 1.29 is 0 Å². The zero-order valence-electron chi connectivity index (χ0n) is 26.4.